The molecule has 1 aliphatic heterocycles. The van der Waals surface area contributed by atoms with E-state index in [4.69, 9.17) is 22.1 Å². The minimum Gasteiger partial charge on any atom is -0.470 e. The Bertz CT molecular complexity index is 1470. The number of fused-ring (bicyclic) bond motifs is 1. The van der Waals surface area contributed by atoms with E-state index >= 15 is 0 Å². The van der Waals surface area contributed by atoms with Crippen LogP contribution in [0.5, 0.6) is 5.88 Å². The van der Waals surface area contributed by atoms with E-state index in [9.17, 15) is 13.6 Å². The predicted molar refractivity (Wildman–Crippen MR) is 137 cm³/mol. The zero-order valence-corrected chi connectivity index (χ0v) is 20.9. The molecule has 192 valence electrons. The van der Waals surface area contributed by atoms with E-state index in [0.29, 0.717) is 5.69 Å². The first-order valence-corrected chi connectivity index (χ1v) is 12.1. The molecule has 3 N–H and O–H groups in total. The number of halogens is 3. The second-order valence-corrected chi connectivity index (χ2v) is 9.29. The lowest BCUT2D eigenvalue weighted by Gasteiger charge is -2.34. The van der Waals surface area contributed by atoms with Crippen molar-refractivity contribution in [2.75, 3.05) is 31.9 Å². The molecule has 0 bridgehead atoms. The van der Waals surface area contributed by atoms with Gasteiger partial charge in [-0.25, -0.2) is 18.7 Å². The number of benzene rings is 2. The van der Waals surface area contributed by atoms with Crippen molar-refractivity contribution in [2.45, 2.75) is 20.1 Å². The Kier molecular flexibility index (Phi) is 6.94. The van der Waals surface area contributed by atoms with Gasteiger partial charge >= 0.3 is 0 Å². The number of nitrogens with two attached hydrogens (primary N) is 1. The Morgan fingerprint density at radius 2 is 1.92 bits per heavy atom. The van der Waals surface area contributed by atoms with Crippen LogP contribution in [0.3, 0.4) is 0 Å². The van der Waals surface area contributed by atoms with E-state index in [2.05, 4.69) is 19.9 Å². The number of H-pyrrole nitrogens is 1. The maximum atomic E-state index is 14.1. The van der Waals surface area contributed by atoms with Crippen molar-refractivity contribution in [3.05, 3.63) is 70.5 Å². The number of hydrogen-bond acceptors (Lipinski definition) is 6. The second-order valence-electron chi connectivity index (χ2n) is 8.91. The number of carbonyl (C=O) groups excluding carboxylic acids is 1. The fraction of sp³-hybridized carbons (Fsp3) is 0.269. The van der Waals surface area contributed by atoms with Gasteiger partial charge in [0.05, 0.1) is 16.9 Å². The highest BCUT2D eigenvalue weighted by molar-refractivity contribution is 6.31. The first-order valence-electron chi connectivity index (χ1n) is 11.8. The molecule has 4 aromatic rings. The Hall–Kier alpha value is -3.76. The Labute approximate surface area is 217 Å². The summed E-state index contributed by atoms with van der Waals surface area (Å²) < 4.78 is 33.5. The van der Waals surface area contributed by atoms with E-state index in [1.54, 1.807) is 6.92 Å². The van der Waals surface area contributed by atoms with Gasteiger partial charge < -0.3 is 20.4 Å². The summed E-state index contributed by atoms with van der Waals surface area (Å²) in [7, 11) is 0. The van der Waals surface area contributed by atoms with Gasteiger partial charge in [0.1, 0.15) is 18.2 Å². The summed E-state index contributed by atoms with van der Waals surface area (Å²) in [5.41, 5.74) is 9.22. The third-order valence-corrected chi connectivity index (χ3v) is 6.94. The number of nitrogens with zero attached hydrogens (tertiary/aromatic N) is 4. The van der Waals surface area contributed by atoms with Gasteiger partial charge in [-0.1, -0.05) is 17.7 Å². The zero-order valence-electron chi connectivity index (χ0n) is 20.1. The molecular weight excluding hydrogens is 502 g/mol. The summed E-state index contributed by atoms with van der Waals surface area (Å²) >= 11 is 5.90. The molecule has 37 heavy (non-hydrogen) atoms. The molecule has 5 rings (SSSR count). The Balaban J connectivity index is 1.36. The lowest BCUT2D eigenvalue weighted by atomic mass is 10.1. The monoisotopic (exact) mass is 526 g/mol. The molecule has 11 heteroatoms. The van der Waals surface area contributed by atoms with Crippen LogP contribution in [0.1, 0.15) is 18.1 Å². The molecule has 1 aliphatic rings. The van der Waals surface area contributed by atoms with Crippen LogP contribution in [-0.2, 0) is 17.9 Å². The van der Waals surface area contributed by atoms with E-state index in [0.717, 1.165) is 66.9 Å². The van der Waals surface area contributed by atoms with Crippen LogP contribution in [-0.4, -0.2) is 56.8 Å². The molecule has 1 amide bonds. The van der Waals surface area contributed by atoms with Crippen molar-refractivity contribution >= 4 is 34.2 Å². The zero-order chi connectivity index (χ0) is 26.1. The largest absolute Gasteiger partial charge is 0.470 e. The number of aromatic amines is 1. The number of anilines is 1. The Morgan fingerprint density at radius 3 is 2.68 bits per heavy atom. The van der Waals surface area contributed by atoms with Gasteiger partial charge in [-0.2, -0.15) is 0 Å². The topological polar surface area (TPSA) is 100 Å². The highest BCUT2D eigenvalue weighted by Crippen LogP contribution is 2.30. The minimum atomic E-state index is -0.745. The lowest BCUT2D eigenvalue weighted by molar-refractivity contribution is -0.130. The normalized spacial score (nSPS) is 14.3. The van der Waals surface area contributed by atoms with Crippen LogP contribution in [0.25, 0.3) is 22.2 Å². The second kappa shape index (κ2) is 10.3. The Morgan fingerprint density at radius 1 is 1.16 bits per heavy atom. The molecule has 2 aromatic carbocycles. The van der Waals surface area contributed by atoms with Gasteiger partial charge in [0, 0.05) is 67.9 Å². The van der Waals surface area contributed by atoms with Crippen LogP contribution in [0.15, 0.2) is 42.7 Å². The summed E-state index contributed by atoms with van der Waals surface area (Å²) in [6.45, 7) is 5.05. The van der Waals surface area contributed by atoms with Gasteiger partial charge in [-0.3, -0.25) is 9.69 Å². The molecule has 0 radical (unpaired) electrons. The van der Waals surface area contributed by atoms with Crippen molar-refractivity contribution in [1.82, 2.24) is 24.8 Å². The molecule has 0 unspecified atom stereocenters. The minimum absolute atomic E-state index is 0.00467. The van der Waals surface area contributed by atoms with Gasteiger partial charge in [0.25, 0.3) is 5.88 Å². The van der Waals surface area contributed by atoms with Crippen LogP contribution in [0.4, 0.5) is 14.6 Å². The molecule has 1 fully saturated rings. The highest BCUT2D eigenvalue weighted by atomic mass is 35.5. The van der Waals surface area contributed by atoms with Crippen LogP contribution in [0.2, 0.25) is 5.02 Å². The molecular formula is C26H25ClF2N6O2. The molecule has 0 atom stereocenters. The van der Waals surface area contributed by atoms with Crippen LogP contribution >= 0.6 is 11.6 Å². The predicted octanol–water partition coefficient (Wildman–Crippen LogP) is 4.38. The van der Waals surface area contributed by atoms with Crippen molar-refractivity contribution in [2.24, 2.45) is 0 Å². The number of hydrogen-bond donors (Lipinski definition) is 2. The number of carbonyl (C=O) groups is 1. The smallest absolute Gasteiger partial charge is 0.258 e. The number of amides is 1. The first kappa shape index (κ1) is 24.9. The number of ether oxygens (including phenoxy) is 1. The molecule has 1 saturated heterocycles. The molecule has 0 aliphatic carbocycles. The van der Waals surface area contributed by atoms with E-state index in [-0.39, 0.29) is 34.8 Å². The number of nitrogen functional groups attached to an aromatic ring is 1. The average molecular weight is 527 g/mol. The third kappa shape index (κ3) is 5.21. The maximum absolute atomic E-state index is 14.1. The quantitative estimate of drug-likeness (QED) is 0.362. The molecule has 8 nitrogen and oxygen atoms in total. The molecule has 2 aromatic heterocycles. The first-order chi connectivity index (χ1) is 17.8. The number of aromatic nitrogens is 3. The molecule has 3 heterocycles. The molecule has 0 spiro atoms. The van der Waals surface area contributed by atoms with Crippen LogP contribution < -0.4 is 10.5 Å². The summed E-state index contributed by atoms with van der Waals surface area (Å²) in [5.74, 6) is -1.32. The molecule has 0 saturated carbocycles. The number of piperazine rings is 1. The third-order valence-electron chi connectivity index (χ3n) is 6.53. The fourth-order valence-electron chi connectivity index (χ4n) is 4.40. The van der Waals surface area contributed by atoms with Crippen molar-refractivity contribution in [3.8, 4) is 17.1 Å². The average Bonchev–Trinajstić information content (AvgIpc) is 3.29. The van der Waals surface area contributed by atoms with Crippen molar-refractivity contribution in [1.29, 1.82) is 0 Å². The van der Waals surface area contributed by atoms with Crippen molar-refractivity contribution in [3.63, 3.8) is 0 Å². The highest BCUT2D eigenvalue weighted by Gasteiger charge is 2.20. The van der Waals surface area contributed by atoms with Gasteiger partial charge in [0.2, 0.25) is 5.91 Å². The van der Waals surface area contributed by atoms with Crippen molar-refractivity contribution < 1.29 is 18.3 Å². The van der Waals surface area contributed by atoms with E-state index in [1.807, 2.05) is 29.3 Å². The van der Waals surface area contributed by atoms with Gasteiger partial charge in [-0.15, -0.1) is 0 Å². The van der Waals surface area contributed by atoms with E-state index in [1.165, 1.54) is 6.20 Å². The number of rotatable bonds is 6. The number of nitrogens with one attached hydrogen (secondary N) is 1. The summed E-state index contributed by atoms with van der Waals surface area (Å²) in [6.07, 6.45) is 3.53. The summed E-state index contributed by atoms with van der Waals surface area (Å²) in [6, 6.07) is 7.81. The van der Waals surface area contributed by atoms with Gasteiger partial charge in [0.15, 0.2) is 5.82 Å². The van der Waals surface area contributed by atoms with Gasteiger partial charge in [-0.05, 0) is 29.8 Å². The summed E-state index contributed by atoms with van der Waals surface area (Å²) in [4.78, 5) is 27.7. The van der Waals surface area contributed by atoms with E-state index < -0.39 is 11.6 Å². The lowest BCUT2D eigenvalue weighted by Crippen LogP contribution is -2.47. The standard InChI is InChI=1S/C26H25ClF2N6O2/c1-15(36)35-8-6-34(7-9-35)13-17-11-31-22-5-2-16(10-18(17)22)23-12-32-25(30)26(33-23)37-14-19-20(28)3-4-21(29)24(19)27/h2-5,10-12,31H,6-9,13-14H2,1H3,(H2,30,32). The summed E-state index contributed by atoms with van der Waals surface area (Å²) in [5, 5.41) is 0.692. The van der Waals surface area contributed by atoms with Crippen LogP contribution in [0, 0.1) is 11.6 Å². The maximum Gasteiger partial charge on any atom is 0.258 e. The fourth-order valence-corrected chi connectivity index (χ4v) is 4.61. The SMILES string of the molecule is CC(=O)N1CCN(Cc2c[nH]c3ccc(-c4cnc(N)c(OCc5c(F)ccc(F)c5Cl)n4)cc23)CC1.